The van der Waals surface area contributed by atoms with Crippen molar-refractivity contribution in [2.75, 3.05) is 20.3 Å². The van der Waals surface area contributed by atoms with Gasteiger partial charge in [0.25, 0.3) is 5.56 Å². The van der Waals surface area contributed by atoms with Crippen LogP contribution in [0.5, 0.6) is 17.2 Å². The number of esters is 2. The molecule has 11 heteroatoms. The third kappa shape index (κ3) is 5.64. The fourth-order valence-corrected chi connectivity index (χ4v) is 5.60. The fraction of sp³-hybridized carbons (Fsp3) is 0.226. The van der Waals surface area contributed by atoms with E-state index < -0.39 is 18.0 Å². The van der Waals surface area contributed by atoms with E-state index in [1.165, 1.54) is 28.2 Å². The molecule has 2 aromatic heterocycles. The molecule has 10 nitrogen and oxygen atoms in total. The zero-order valence-electron chi connectivity index (χ0n) is 23.4. The molecule has 42 heavy (non-hydrogen) atoms. The summed E-state index contributed by atoms with van der Waals surface area (Å²) in [5.41, 5.74) is 1.80. The molecule has 216 valence electrons. The lowest BCUT2D eigenvalue weighted by Gasteiger charge is -2.24. The predicted molar refractivity (Wildman–Crippen MR) is 155 cm³/mol. The SMILES string of the molecule is CCOC(=O)C1=C(C)N=c2sc(=Cc3ccc(OC(=O)c4ccco4)c(OCC)c3)c(=O)n2C1c1ccc(OC)cc1. The van der Waals surface area contributed by atoms with Crippen molar-refractivity contribution in [3.8, 4) is 17.2 Å². The molecule has 0 radical (unpaired) electrons. The minimum atomic E-state index is -0.740. The zero-order chi connectivity index (χ0) is 29.8. The van der Waals surface area contributed by atoms with Crippen molar-refractivity contribution < 1.29 is 33.0 Å². The summed E-state index contributed by atoms with van der Waals surface area (Å²) in [6, 6.07) is 14.5. The van der Waals surface area contributed by atoms with Crippen LogP contribution in [0.1, 0.15) is 48.5 Å². The lowest BCUT2D eigenvalue weighted by molar-refractivity contribution is -0.139. The van der Waals surface area contributed by atoms with E-state index in [2.05, 4.69) is 4.99 Å². The summed E-state index contributed by atoms with van der Waals surface area (Å²) < 4.78 is 28.9. The Kier molecular flexibility index (Phi) is 8.39. The number of carbonyl (C=O) groups is 2. The number of hydrogen-bond donors (Lipinski definition) is 0. The van der Waals surface area contributed by atoms with Gasteiger partial charge in [0, 0.05) is 0 Å². The van der Waals surface area contributed by atoms with Gasteiger partial charge in [0.1, 0.15) is 5.75 Å². The second-order valence-corrected chi connectivity index (χ2v) is 10.1. The second kappa shape index (κ2) is 12.3. The maximum absolute atomic E-state index is 13.9. The van der Waals surface area contributed by atoms with Crippen LogP contribution in [0.2, 0.25) is 0 Å². The minimum absolute atomic E-state index is 0.0616. The smallest absolute Gasteiger partial charge is 0.379 e. The number of rotatable bonds is 9. The number of ether oxygens (including phenoxy) is 4. The number of methoxy groups -OCH3 is 1. The van der Waals surface area contributed by atoms with Crippen LogP contribution in [-0.2, 0) is 9.53 Å². The Labute approximate surface area is 244 Å². The highest BCUT2D eigenvalue weighted by Gasteiger charge is 2.33. The lowest BCUT2D eigenvalue weighted by Crippen LogP contribution is -2.39. The highest BCUT2D eigenvalue weighted by Crippen LogP contribution is 2.32. The van der Waals surface area contributed by atoms with Crippen molar-refractivity contribution in [1.29, 1.82) is 0 Å². The van der Waals surface area contributed by atoms with E-state index in [4.69, 9.17) is 23.4 Å². The van der Waals surface area contributed by atoms with Crippen LogP contribution in [0, 0.1) is 0 Å². The van der Waals surface area contributed by atoms with Gasteiger partial charge < -0.3 is 23.4 Å². The molecule has 3 heterocycles. The highest BCUT2D eigenvalue weighted by atomic mass is 32.1. The molecule has 2 aromatic carbocycles. The summed E-state index contributed by atoms with van der Waals surface area (Å²) in [5.74, 6) is 0.0595. The van der Waals surface area contributed by atoms with Crippen molar-refractivity contribution >= 4 is 29.4 Å². The Morgan fingerprint density at radius 2 is 1.83 bits per heavy atom. The van der Waals surface area contributed by atoms with Crippen molar-refractivity contribution in [2.24, 2.45) is 4.99 Å². The number of carbonyl (C=O) groups excluding carboxylic acids is 2. The Bertz CT molecular complexity index is 1830. The largest absolute Gasteiger partial charge is 0.497 e. The van der Waals surface area contributed by atoms with Crippen LogP contribution >= 0.6 is 11.3 Å². The quantitative estimate of drug-likeness (QED) is 0.213. The third-order valence-electron chi connectivity index (χ3n) is 6.44. The van der Waals surface area contributed by atoms with E-state index >= 15 is 0 Å². The summed E-state index contributed by atoms with van der Waals surface area (Å²) in [7, 11) is 1.57. The standard InChI is InChI=1S/C31H28N2O8S/c1-5-38-24-16-19(9-14-22(24)41-29(35)23-8-7-15-40-23)17-25-28(34)33-27(20-10-12-21(37-4)13-11-20)26(30(36)39-6-2)18(3)32-31(33)42-25/h7-17,27H,5-6H2,1-4H3. The third-order valence-corrected chi connectivity index (χ3v) is 7.42. The van der Waals surface area contributed by atoms with Gasteiger partial charge in [-0.25, -0.2) is 14.6 Å². The van der Waals surface area contributed by atoms with Gasteiger partial charge in [-0.15, -0.1) is 0 Å². The molecule has 0 saturated carbocycles. The summed E-state index contributed by atoms with van der Waals surface area (Å²) in [5, 5.41) is 0. The van der Waals surface area contributed by atoms with Gasteiger partial charge in [-0.3, -0.25) is 9.36 Å². The monoisotopic (exact) mass is 588 g/mol. The molecular weight excluding hydrogens is 560 g/mol. The number of fused-ring (bicyclic) bond motifs is 1. The summed E-state index contributed by atoms with van der Waals surface area (Å²) in [6.45, 7) is 5.78. The van der Waals surface area contributed by atoms with E-state index in [1.807, 2.05) is 19.1 Å². The Morgan fingerprint density at radius 3 is 2.50 bits per heavy atom. The molecule has 4 aromatic rings. The van der Waals surface area contributed by atoms with Crippen LogP contribution in [0.25, 0.3) is 6.08 Å². The van der Waals surface area contributed by atoms with Crippen molar-refractivity contribution in [1.82, 2.24) is 4.57 Å². The molecule has 5 rings (SSSR count). The Morgan fingerprint density at radius 1 is 1.05 bits per heavy atom. The van der Waals surface area contributed by atoms with Gasteiger partial charge in [0.15, 0.2) is 16.3 Å². The number of furan rings is 1. The van der Waals surface area contributed by atoms with E-state index in [0.717, 1.165) is 0 Å². The van der Waals surface area contributed by atoms with E-state index in [-0.39, 0.29) is 23.7 Å². The highest BCUT2D eigenvalue weighted by molar-refractivity contribution is 7.07. The number of allylic oxidation sites excluding steroid dienone is 1. The number of thiazole rings is 1. The zero-order valence-corrected chi connectivity index (χ0v) is 24.2. The minimum Gasteiger partial charge on any atom is -0.497 e. The van der Waals surface area contributed by atoms with Gasteiger partial charge in [0.05, 0.1) is 48.4 Å². The molecule has 1 aliphatic rings. The fourth-order valence-electron chi connectivity index (χ4n) is 4.56. The molecule has 0 saturated heterocycles. The summed E-state index contributed by atoms with van der Waals surface area (Å²) >= 11 is 1.20. The molecule has 0 fully saturated rings. The molecule has 0 bridgehead atoms. The molecule has 1 aliphatic heterocycles. The van der Waals surface area contributed by atoms with Crippen LogP contribution in [0.3, 0.4) is 0 Å². The van der Waals surface area contributed by atoms with E-state index in [1.54, 1.807) is 63.4 Å². The second-order valence-electron chi connectivity index (χ2n) is 9.08. The molecule has 0 spiro atoms. The van der Waals surface area contributed by atoms with Crippen molar-refractivity contribution in [2.45, 2.75) is 26.8 Å². The first kappa shape index (κ1) is 28.6. The van der Waals surface area contributed by atoms with Gasteiger partial charge in [-0.1, -0.05) is 29.5 Å². The van der Waals surface area contributed by atoms with Crippen LogP contribution in [-0.4, -0.2) is 36.8 Å². The normalized spacial score (nSPS) is 14.7. The Balaban J connectivity index is 1.58. The molecule has 0 N–H and O–H groups in total. The lowest BCUT2D eigenvalue weighted by atomic mass is 9.96. The van der Waals surface area contributed by atoms with Gasteiger partial charge in [-0.2, -0.15) is 0 Å². The number of nitrogens with zero attached hydrogens (tertiary/aromatic N) is 2. The molecule has 1 unspecified atom stereocenters. The first-order chi connectivity index (χ1) is 20.3. The molecule has 0 aliphatic carbocycles. The van der Waals surface area contributed by atoms with Crippen molar-refractivity contribution in [3.63, 3.8) is 0 Å². The number of hydrogen-bond acceptors (Lipinski definition) is 10. The summed E-state index contributed by atoms with van der Waals surface area (Å²) in [6.07, 6.45) is 3.09. The van der Waals surface area contributed by atoms with Crippen molar-refractivity contribution in [3.05, 3.63) is 109 Å². The Hall–Kier alpha value is -4.90. The number of aromatic nitrogens is 1. The molecule has 1 atom stereocenters. The van der Waals surface area contributed by atoms with Gasteiger partial charge in [-0.05, 0) is 74.4 Å². The molecular formula is C31H28N2O8S. The van der Waals surface area contributed by atoms with Crippen LogP contribution in [0.15, 0.2) is 86.3 Å². The summed E-state index contributed by atoms with van der Waals surface area (Å²) in [4.78, 5) is 44.4. The van der Waals surface area contributed by atoms with Gasteiger partial charge >= 0.3 is 11.9 Å². The van der Waals surface area contributed by atoms with E-state index in [9.17, 15) is 14.4 Å². The maximum atomic E-state index is 13.9. The first-order valence-electron chi connectivity index (χ1n) is 13.2. The molecule has 0 amide bonds. The topological polar surface area (TPSA) is 119 Å². The van der Waals surface area contributed by atoms with E-state index in [0.29, 0.717) is 49.8 Å². The first-order valence-corrected chi connectivity index (χ1v) is 14.0. The van der Waals surface area contributed by atoms with Crippen LogP contribution < -0.4 is 29.1 Å². The average Bonchev–Trinajstić information content (AvgIpc) is 3.63. The van der Waals surface area contributed by atoms with Crippen LogP contribution in [0.4, 0.5) is 0 Å². The predicted octanol–water partition coefficient (Wildman–Crippen LogP) is 4.02. The van der Waals surface area contributed by atoms with Gasteiger partial charge in [0.2, 0.25) is 5.76 Å². The maximum Gasteiger partial charge on any atom is 0.379 e. The number of benzene rings is 2. The average molecular weight is 589 g/mol.